The number of ether oxygens (including phenoxy) is 2. The Bertz CT molecular complexity index is 466. The fourth-order valence-electron chi connectivity index (χ4n) is 1.77. The first-order chi connectivity index (χ1) is 9.53. The van der Waals surface area contributed by atoms with E-state index in [1.54, 1.807) is 12.1 Å². The number of nitrogens with two attached hydrogens (primary N) is 1. The second kappa shape index (κ2) is 7.97. The Morgan fingerprint density at radius 1 is 1.35 bits per heavy atom. The number of benzene rings is 1. The normalized spacial score (nSPS) is 11.8. The standard InChI is InChI=1S/C14H21ClN2O3/c1-9(5-4-6-16)14(18)17-11-8-12(19-2)10(15)7-13(11)20-3/h7-9H,4-6,16H2,1-3H3,(H,17,18). The van der Waals surface area contributed by atoms with Crippen LogP contribution in [-0.4, -0.2) is 26.7 Å². The van der Waals surface area contributed by atoms with Crippen molar-refractivity contribution >= 4 is 23.2 Å². The Kier molecular flexibility index (Phi) is 6.61. The summed E-state index contributed by atoms with van der Waals surface area (Å²) in [4.78, 5) is 12.1. The maximum absolute atomic E-state index is 12.1. The first-order valence-electron chi connectivity index (χ1n) is 6.46. The van der Waals surface area contributed by atoms with E-state index in [0.29, 0.717) is 28.8 Å². The lowest BCUT2D eigenvalue weighted by Crippen LogP contribution is -2.21. The van der Waals surface area contributed by atoms with Crippen molar-refractivity contribution in [2.75, 3.05) is 26.1 Å². The Labute approximate surface area is 124 Å². The molecular formula is C14H21ClN2O3. The molecule has 3 N–H and O–H groups in total. The molecule has 112 valence electrons. The van der Waals surface area contributed by atoms with Crippen molar-refractivity contribution in [3.8, 4) is 11.5 Å². The van der Waals surface area contributed by atoms with E-state index in [9.17, 15) is 4.79 Å². The maximum atomic E-state index is 12.1. The average Bonchev–Trinajstić information content (AvgIpc) is 2.45. The van der Waals surface area contributed by atoms with Crippen LogP contribution < -0.4 is 20.5 Å². The van der Waals surface area contributed by atoms with Crippen LogP contribution >= 0.6 is 11.6 Å². The van der Waals surface area contributed by atoms with Crippen molar-refractivity contribution in [3.05, 3.63) is 17.2 Å². The number of carbonyl (C=O) groups is 1. The molecule has 5 nitrogen and oxygen atoms in total. The molecule has 1 atom stereocenters. The Morgan fingerprint density at radius 3 is 2.55 bits per heavy atom. The van der Waals surface area contributed by atoms with Gasteiger partial charge in [-0.25, -0.2) is 0 Å². The van der Waals surface area contributed by atoms with Gasteiger partial charge in [-0.1, -0.05) is 18.5 Å². The average molecular weight is 301 g/mol. The molecule has 0 aliphatic heterocycles. The third kappa shape index (κ3) is 4.28. The Balaban J connectivity index is 2.87. The van der Waals surface area contributed by atoms with E-state index >= 15 is 0 Å². The lowest BCUT2D eigenvalue weighted by Gasteiger charge is -2.15. The Morgan fingerprint density at radius 2 is 2.00 bits per heavy atom. The number of nitrogens with one attached hydrogen (secondary N) is 1. The van der Waals surface area contributed by atoms with Crippen LogP contribution in [0, 0.1) is 5.92 Å². The minimum absolute atomic E-state index is 0.0823. The highest BCUT2D eigenvalue weighted by molar-refractivity contribution is 6.32. The van der Waals surface area contributed by atoms with Crippen LogP contribution in [0.5, 0.6) is 11.5 Å². The molecule has 1 aromatic rings. The lowest BCUT2D eigenvalue weighted by atomic mass is 10.0. The van der Waals surface area contributed by atoms with Crippen molar-refractivity contribution in [2.45, 2.75) is 19.8 Å². The molecule has 0 spiro atoms. The van der Waals surface area contributed by atoms with Crippen LogP contribution in [0.4, 0.5) is 5.69 Å². The molecule has 1 rings (SSSR count). The zero-order valence-electron chi connectivity index (χ0n) is 12.0. The van der Waals surface area contributed by atoms with Crippen molar-refractivity contribution in [3.63, 3.8) is 0 Å². The molecule has 0 radical (unpaired) electrons. The van der Waals surface area contributed by atoms with E-state index in [2.05, 4.69) is 5.32 Å². The number of methoxy groups -OCH3 is 2. The summed E-state index contributed by atoms with van der Waals surface area (Å²) in [6, 6.07) is 3.26. The van der Waals surface area contributed by atoms with E-state index in [0.717, 1.165) is 12.8 Å². The molecule has 0 aromatic heterocycles. The summed E-state index contributed by atoms with van der Waals surface area (Å²) < 4.78 is 10.3. The lowest BCUT2D eigenvalue weighted by molar-refractivity contribution is -0.119. The van der Waals surface area contributed by atoms with Gasteiger partial charge in [-0.2, -0.15) is 0 Å². The van der Waals surface area contributed by atoms with E-state index < -0.39 is 0 Å². The van der Waals surface area contributed by atoms with Crippen LogP contribution in [0.15, 0.2) is 12.1 Å². The highest BCUT2D eigenvalue weighted by Crippen LogP contribution is 2.36. The summed E-state index contributed by atoms with van der Waals surface area (Å²) in [5.41, 5.74) is 5.99. The fraction of sp³-hybridized carbons (Fsp3) is 0.500. The van der Waals surface area contributed by atoms with Crippen molar-refractivity contribution < 1.29 is 14.3 Å². The van der Waals surface area contributed by atoms with E-state index in [1.807, 2.05) is 6.92 Å². The number of rotatable bonds is 7. The SMILES string of the molecule is COc1cc(NC(=O)C(C)CCCN)c(OC)cc1Cl. The quantitative estimate of drug-likeness (QED) is 0.812. The summed E-state index contributed by atoms with van der Waals surface area (Å²) in [7, 11) is 3.04. The minimum atomic E-state index is -0.120. The largest absolute Gasteiger partial charge is 0.495 e. The molecule has 0 fully saturated rings. The van der Waals surface area contributed by atoms with Gasteiger partial charge in [0.2, 0.25) is 5.91 Å². The van der Waals surface area contributed by atoms with Gasteiger partial charge in [-0.3, -0.25) is 4.79 Å². The molecule has 1 amide bonds. The molecule has 0 heterocycles. The maximum Gasteiger partial charge on any atom is 0.227 e. The van der Waals surface area contributed by atoms with Gasteiger partial charge in [0.1, 0.15) is 11.5 Å². The molecule has 20 heavy (non-hydrogen) atoms. The Hall–Kier alpha value is -1.46. The fourth-order valence-corrected chi connectivity index (χ4v) is 2.00. The van der Waals surface area contributed by atoms with Crippen molar-refractivity contribution in [1.29, 1.82) is 0 Å². The smallest absolute Gasteiger partial charge is 0.227 e. The summed E-state index contributed by atoms with van der Waals surface area (Å²) in [5, 5.41) is 3.26. The van der Waals surface area contributed by atoms with Crippen molar-refractivity contribution in [2.24, 2.45) is 11.7 Å². The monoisotopic (exact) mass is 300 g/mol. The summed E-state index contributed by atoms with van der Waals surface area (Å²) in [5.74, 6) is 0.776. The van der Waals surface area contributed by atoms with Crippen LogP contribution in [0.3, 0.4) is 0 Å². The molecule has 0 bridgehead atoms. The molecule has 0 saturated carbocycles. The molecule has 0 aliphatic carbocycles. The van der Waals surface area contributed by atoms with Gasteiger partial charge in [0, 0.05) is 18.1 Å². The second-order valence-corrected chi connectivity index (χ2v) is 4.92. The summed E-state index contributed by atoms with van der Waals surface area (Å²) in [6.45, 7) is 2.44. The molecular weight excluding hydrogens is 280 g/mol. The molecule has 6 heteroatoms. The second-order valence-electron chi connectivity index (χ2n) is 4.51. The van der Waals surface area contributed by atoms with Crippen LogP contribution in [0.1, 0.15) is 19.8 Å². The molecule has 0 aliphatic rings. The molecule has 0 saturated heterocycles. The first-order valence-corrected chi connectivity index (χ1v) is 6.83. The van der Waals surface area contributed by atoms with Crippen LogP contribution in [0.2, 0.25) is 5.02 Å². The zero-order valence-corrected chi connectivity index (χ0v) is 12.8. The van der Waals surface area contributed by atoms with Gasteiger partial charge in [0.15, 0.2) is 0 Å². The van der Waals surface area contributed by atoms with E-state index in [-0.39, 0.29) is 11.8 Å². The van der Waals surface area contributed by atoms with Crippen LogP contribution in [0.25, 0.3) is 0 Å². The minimum Gasteiger partial charge on any atom is -0.495 e. The number of carbonyl (C=O) groups excluding carboxylic acids is 1. The third-order valence-corrected chi connectivity index (χ3v) is 3.32. The van der Waals surface area contributed by atoms with Gasteiger partial charge in [0.25, 0.3) is 0 Å². The van der Waals surface area contributed by atoms with Gasteiger partial charge < -0.3 is 20.5 Å². The number of hydrogen-bond donors (Lipinski definition) is 2. The van der Waals surface area contributed by atoms with Gasteiger partial charge >= 0.3 is 0 Å². The predicted octanol–water partition coefficient (Wildman–Crippen LogP) is 2.67. The predicted molar refractivity (Wildman–Crippen MR) is 80.6 cm³/mol. The summed E-state index contributed by atoms with van der Waals surface area (Å²) in [6.07, 6.45) is 1.56. The highest BCUT2D eigenvalue weighted by atomic mass is 35.5. The third-order valence-electron chi connectivity index (χ3n) is 3.02. The zero-order chi connectivity index (χ0) is 15.1. The van der Waals surface area contributed by atoms with Crippen LogP contribution in [-0.2, 0) is 4.79 Å². The topological polar surface area (TPSA) is 73.6 Å². The number of hydrogen-bond acceptors (Lipinski definition) is 4. The molecule has 1 unspecified atom stereocenters. The van der Waals surface area contributed by atoms with Gasteiger partial charge in [0.05, 0.1) is 24.9 Å². The number of halogens is 1. The highest BCUT2D eigenvalue weighted by Gasteiger charge is 2.16. The van der Waals surface area contributed by atoms with E-state index in [1.165, 1.54) is 14.2 Å². The summed E-state index contributed by atoms with van der Waals surface area (Å²) >= 11 is 6.02. The van der Waals surface area contributed by atoms with Crippen molar-refractivity contribution in [1.82, 2.24) is 0 Å². The van der Waals surface area contributed by atoms with E-state index in [4.69, 9.17) is 26.8 Å². The number of amides is 1. The van der Waals surface area contributed by atoms with Gasteiger partial charge in [-0.05, 0) is 19.4 Å². The molecule has 1 aromatic carbocycles. The van der Waals surface area contributed by atoms with Gasteiger partial charge in [-0.15, -0.1) is 0 Å². The first kappa shape index (κ1) is 16.6. The number of anilines is 1.